The van der Waals surface area contributed by atoms with Crippen LogP contribution in [0.15, 0.2) is 60.8 Å². The number of hydrogen-bond acceptors (Lipinski definition) is 2. The van der Waals surface area contributed by atoms with Gasteiger partial charge in [0.2, 0.25) is 5.91 Å². The molecule has 0 saturated heterocycles. The van der Waals surface area contributed by atoms with Crippen LogP contribution in [0.25, 0.3) is 11.1 Å². The van der Waals surface area contributed by atoms with Crippen LogP contribution < -0.4 is 5.32 Å². The second kappa shape index (κ2) is 9.33. The number of carbonyl (C=O) groups is 1. The first kappa shape index (κ1) is 23.0. The van der Waals surface area contributed by atoms with Crippen molar-refractivity contribution in [2.24, 2.45) is 5.92 Å². The Labute approximate surface area is 189 Å². The molecule has 1 aromatic heterocycles. The van der Waals surface area contributed by atoms with Crippen molar-refractivity contribution in [1.29, 1.82) is 0 Å². The van der Waals surface area contributed by atoms with E-state index < -0.39 is 17.6 Å². The number of hydrogen-bond donors (Lipinski definition) is 1. The topological polar surface area (TPSA) is 42.0 Å². The smallest absolute Gasteiger partial charge is 0.323 e. The molecule has 0 aliphatic heterocycles. The van der Waals surface area contributed by atoms with Crippen molar-refractivity contribution in [3.8, 4) is 11.1 Å². The minimum absolute atomic E-state index is 0.191. The van der Waals surface area contributed by atoms with E-state index in [-0.39, 0.29) is 23.4 Å². The number of aryl methyl sites for hydroxylation is 1. The lowest BCUT2D eigenvalue weighted by molar-refractivity contribution is -0.137. The van der Waals surface area contributed by atoms with Gasteiger partial charge in [-0.15, -0.1) is 0 Å². The van der Waals surface area contributed by atoms with Gasteiger partial charge in [0.25, 0.3) is 0 Å². The Hall–Kier alpha value is -3.22. The third-order valence-corrected chi connectivity index (χ3v) is 6.30. The molecule has 1 fully saturated rings. The quantitative estimate of drug-likeness (QED) is 0.425. The first-order valence-corrected chi connectivity index (χ1v) is 10.9. The molecule has 2 atom stereocenters. The molecule has 2 unspecified atom stereocenters. The van der Waals surface area contributed by atoms with E-state index in [0.29, 0.717) is 18.9 Å². The van der Waals surface area contributed by atoms with Gasteiger partial charge in [-0.25, -0.2) is 4.39 Å². The third kappa shape index (κ3) is 5.24. The Kier molecular flexibility index (Phi) is 6.49. The summed E-state index contributed by atoms with van der Waals surface area (Å²) < 4.78 is 52.4. The van der Waals surface area contributed by atoms with E-state index in [4.69, 9.17) is 0 Å². The second-order valence-electron chi connectivity index (χ2n) is 8.50. The predicted octanol–water partition coefficient (Wildman–Crippen LogP) is 7.13. The molecule has 0 spiro atoms. The molecule has 1 amide bonds. The van der Waals surface area contributed by atoms with Gasteiger partial charge >= 0.3 is 6.18 Å². The van der Waals surface area contributed by atoms with Crippen LogP contribution in [0.1, 0.15) is 48.4 Å². The van der Waals surface area contributed by atoms with Crippen LogP contribution in [0.5, 0.6) is 0 Å². The fourth-order valence-corrected chi connectivity index (χ4v) is 4.48. The van der Waals surface area contributed by atoms with Crippen molar-refractivity contribution >= 4 is 11.6 Å². The van der Waals surface area contributed by atoms with Crippen LogP contribution in [0.3, 0.4) is 0 Å². The molecule has 1 saturated carbocycles. The second-order valence-corrected chi connectivity index (χ2v) is 8.50. The Bertz CT molecular complexity index is 1140. The first-order valence-electron chi connectivity index (χ1n) is 10.9. The highest BCUT2D eigenvalue weighted by Gasteiger charge is 2.32. The number of pyridine rings is 1. The van der Waals surface area contributed by atoms with Crippen LogP contribution in [-0.4, -0.2) is 10.9 Å². The largest absolute Gasteiger partial charge is 0.416 e. The first-order chi connectivity index (χ1) is 15.7. The van der Waals surface area contributed by atoms with Gasteiger partial charge in [-0.2, -0.15) is 13.2 Å². The van der Waals surface area contributed by atoms with Crippen LogP contribution in [-0.2, 0) is 11.0 Å². The molecular weight excluding hydrogens is 432 g/mol. The highest BCUT2D eigenvalue weighted by atomic mass is 19.4. The van der Waals surface area contributed by atoms with Crippen LogP contribution in [0.2, 0.25) is 0 Å². The van der Waals surface area contributed by atoms with Gasteiger partial charge in [0.1, 0.15) is 5.82 Å². The molecule has 1 aliphatic rings. The van der Waals surface area contributed by atoms with Gasteiger partial charge in [-0.3, -0.25) is 9.78 Å². The zero-order chi connectivity index (χ0) is 23.6. The van der Waals surface area contributed by atoms with Crippen molar-refractivity contribution in [3.05, 3.63) is 83.4 Å². The Morgan fingerprint density at radius 1 is 1.06 bits per heavy atom. The number of amides is 1. The zero-order valence-electron chi connectivity index (χ0n) is 18.1. The summed E-state index contributed by atoms with van der Waals surface area (Å²) in [4.78, 5) is 17.1. The summed E-state index contributed by atoms with van der Waals surface area (Å²) in [5, 5.41) is 2.48. The van der Waals surface area contributed by atoms with Crippen molar-refractivity contribution < 1.29 is 22.4 Å². The van der Waals surface area contributed by atoms with Gasteiger partial charge in [0, 0.05) is 23.4 Å². The van der Waals surface area contributed by atoms with E-state index in [9.17, 15) is 22.4 Å². The summed E-state index contributed by atoms with van der Waals surface area (Å²) in [6.07, 6.45) is 0.199. The number of nitrogens with zero attached hydrogens (tertiary/aromatic N) is 1. The molecule has 1 aliphatic carbocycles. The maximum atomic E-state index is 14.1. The average Bonchev–Trinajstić information content (AvgIpc) is 2.80. The van der Waals surface area contributed by atoms with E-state index in [0.717, 1.165) is 47.4 Å². The lowest BCUT2D eigenvalue weighted by atomic mass is 9.77. The van der Waals surface area contributed by atoms with Gasteiger partial charge in [0.05, 0.1) is 11.3 Å². The van der Waals surface area contributed by atoms with Gasteiger partial charge < -0.3 is 5.32 Å². The average molecular weight is 456 g/mol. The monoisotopic (exact) mass is 456 g/mol. The van der Waals surface area contributed by atoms with Crippen molar-refractivity contribution in [3.63, 3.8) is 0 Å². The third-order valence-electron chi connectivity index (χ3n) is 6.30. The summed E-state index contributed by atoms with van der Waals surface area (Å²) in [6, 6.07) is 14.3. The Morgan fingerprint density at radius 2 is 1.82 bits per heavy atom. The van der Waals surface area contributed by atoms with Crippen LogP contribution in [0, 0.1) is 18.7 Å². The minimum Gasteiger partial charge on any atom is -0.323 e. The van der Waals surface area contributed by atoms with E-state index in [1.54, 1.807) is 6.20 Å². The number of rotatable bonds is 4. The predicted molar refractivity (Wildman–Crippen MR) is 119 cm³/mol. The normalized spacial score (nSPS) is 18.7. The van der Waals surface area contributed by atoms with E-state index in [1.807, 2.05) is 19.1 Å². The lowest BCUT2D eigenvalue weighted by Gasteiger charge is -2.29. The summed E-state index contributed by atoms with van der Waals surface area (Å²) in [6.45, 7) is 1.97. The fraction of sp³-hybridized carbons (Fsp3) is 0.308. The molecule has 0 radical (unpaired) electrons. The summed E-state index contributed by atoms with van der Waals surface area (Å²) in [5.74, 6) is -1.59. The summed E-state index contributed by atoms with van der Waals surface area (Å²) >= 11 is 0. The SMILES string of the molecule is Cc1ncccc1-c1ccc(C2CCCC(C(=O)Nc3ccc(C(F)(F)F)cc3F)C2)cc1. The number of anilines is 1. The highest BCUT2D eigenvalue weighted by molar-refractivity contribution is 5.92. The van der Waals surface area contributed by atoms with Gasteiger partial charge in [0.15, 0.2) is 0 Å². The van der Waals surface area contributed by atoms with E-state index in [2.05, 4.69) is 34.6 Å². The van der Waals surface area contributed by atoms with Crippen molar-refractivity contribution in [2.75, 3.05) is 5.32 Å². The fourth-order valence-electron chi connectivity index (χ4n) is 4.48. The van der Waals surface area contributed by atoms with Crippen LogP contribution in [0.4, 0.5) is 23.2 Å². The molecule has 172 valence electrons. The van der Waals surface area contributed by atoms with Crippen LogP contribution >= 0.6 is 0 Å². The van der Waals surface area contributed by atoms with Gasteiger partial charge in [-0.05, 0) is 67.5 Å². The van der Waals surface area contributed by atoms with E-state index >= 15 is 0 Å². The van der Waals surface area contributed by atoms with Crippen molar-refractivity contribution in [1.82, 2.24) is 4.98 Å². The van der Waals surface area contributed by atoms with Gasteiger partial charge in [-0.1, -0.05) is 36.8 Å². The van der Waals surface area contributed by atoms with Crippen molar-refractivity contribution in [2.45, 2.75) is 44.7 Å². The molecule has 0 bridgehead atoms. The Morgan fingerprint density at radius 3 is 2.48 bits per heavy atom. The highest BCUT2D eigenvalue weighted by Crippen LogP contribution is 2.38. The standard InChI is InChI=1S/C26H24F4N2O/c1-16-22(6-3-13-31-16)18-9-7-17(8-10-18)19-4-2-5-20(14-19)25(33)32-24-12-11-21(15-23(24)27)26(28,29)30/h3,6-13,15,19-20H,2,4-5,14H2,1H3,(H,32,33). The molecule has 1 heterocycles. The maximum absolute atomic E-state index is 14.1. The van der Waals surface area contributed by atoms with E-state index in [1.165, 1.54) is 0 Å². The number of halogens is 4. The molecule has 2 aromatic carbocycles. The maximum Gasteiger partial charge on any atom is 0.416 e. The number of aromatic nitrogens is 1. The number of alkyl halides is 3. The molecule has 3 nitrogen and oxygen atoms in total. The summed E-state index contributed by atoms with van der Waals surface area (Å²) in [5.41, 5.74) is 2.93. The number of benzene rings is 2. The molecular formula is C26H24F4N2O. The summed E-state index contributed by atoms with van der Waals surface area (Å²) in [7, 11) is 0. The molecule has 3 aromatic rings. The number of carbonyl (C=O) groups excluding carboxylic acids is 1. The molecule has 1 N–H and O–H groups in total. The minimum atomic E-state index is -4.63. The zero-order valence-corrected chi connectivity index (χ0v) is 18.1. The molecule has 33 heavy (non-hydrogen) atoms. The lowest BCUT2D eigenvalue weighted by Crippen LogP contribution is -2.28. The molecule has 4 rings (SSSR count). The Balaban J connectivity index is 1.43. The molecule has 7 heteroatoms. The number of nitrogens with one attached hydrogen (secondary N) is 1.